The molecule has 18 heavy (non-hydrogen) atoms. The molecule has 94 valence electrons. The first-order chi connectivity index (χ1) is 8.69. The van der Waals surface area contributed by atoms with Crippen LogP contribution in [0.3, 0.4) is 0 Å². The molecule has 0 aliphatic rings. The van der Waals surface area contributed by atoms with Gasteiger partial charge in [-0.1, -0.05) is 12.1 Å². The number of benzene rings is 1. The Morgan fingerprint density at radius 2 is 2.11 bits per heavy atom. The van der Waals surface area contributed by atoms with Crippen molar-refractivity contribution in [2.75, 3.05) is 7.11 Å². The lowest BCUT2D eigenvalue weighted by atomic mass is 10.2. The average Bonchev–Trinajstić information content (AvgIpc) is 2.86. The fourth-order valence-electron chi connectivity index (χ4n) is 1.29. The number of nitrogens with zero attached hydrogens (tertiary/aromatic N) is 1. The largest absolute Gasteiger partial charge is 0.497 e. The summed E-state index contributed by atoms with van der Waals surface area (Å²) in [6, 6.07) is 7.27. The quantitative estimate of drug-likeness (QED) is 0.872. The lowest BCUT2D eigenvalue weighted by Gasteiger charge is -2.03. The molecular formula is C12H11NO5. The summed E-state index contributed by atoms with van der Waals surface area (Å²) < 4.78 is 15.1. The fraction of sp³-hybridized carbons (Fsp3) is 0.167. The normalized spacial score (nSPS) is 10.1. The van der Waals surface area contributed by atoms with Crippen LogP contribution in [-0.2, 0) is 6.61 Å². The summed E-state index contributed by atoms with van der Waals surface area (Å²) in [5.41, 5.74) is 0.714. The predicted molar refractivity (Wildman–Crippen MR) is 60.8 cm³/mol. The van der Waals surface area contributed by atoms with E-state index >= 15 is 0 Å². The smallest absolute Gasteiger partial charge is 0.394 e. The molecule has 0 aliphatic carbocycles. The third-order valence-corrected chi connectivity index (χ3v) is 2.22. The van der Waals surface area contributed by atoms with E-state index in [1.54, 1.807) is 19.2 Å². The van der Waals surface area contributed by atoms with Crippen LogP contribution in [0.5, 0.6) is 11.8 Å². The molecule has 0 unspecified atom stereocenters. The van der Waals surface area contributed by atoms with Crippen molar-refractivity contribution in [2.24, 2.45) is 0 Å². The zero-order chi connectivity index (χ0) is 13.0. The van der Waals surface area contributed by atoms with Gasteiger partial charge in [0.05, 0.1) is 7.11 Å². The minimum atomic E-state index is -1.15. The molecule has 2 aromatic rings. The van der Waals surface area contributed by atoms with Gasteiger partial charge in [0.15, 0.2) is 5.69 Å². The van der Waals surface area contributed by atoms with Crippen molar-refractivity contribution < 1.29 is 23.8 Å². The summed E-state index contributed by atoms with van der Waals surface area (Å²) in [6.45, 7) is 0.240. The Balaban J connectivity index is 1.95. The number of carboxylic acid groups (broad SMARTS) is 1. The molecule has 1 aromatic carbocycles. The van der Waals surface area contributed by atoms with Gasteiger partial charge in [0.25, 0.3) is 0 Å². The van der Waals surface area contributed by atoms with Crippen molar-refractivity contribution >= 4 is 5.97 Å². The summed E-state index contributed by atoms with van der Waals surface area (Å²) >= 11 is 0. The van der Waals surface area contributed by atoms with Crippen molar-refractivity contribution in [1.82, 2.24) is 4.98 Å². The lowest BCUT2D eigenvalue weighted by Crippen LogP contribution is -1.98. The molecular weight excluding hydrogens is 238 g/mol. The van der Waals surface area contributed by atoms with Gasteiger partial charge in [-0.25, -0.2) is 4.79 Å². The molecule has 0 bridgehead atoms. The van der Waals surface area contributed by atoms with E-state index in [1.165, 1.54) is 0 Å². The summed E-state index contributed by atoms with van der Waals surface area (Å²) in [6.07, 6.45) is 0.967. The third kappa shape index (κ3) is 2.79. The van der Waals surface area contributed by atoms with Crippen molar-refractivity contribution in [3.63, 3.8) is 0 Å². The minimum Gasteiger partial charge on any atom is -0.497 e. The van der Waals surface area contributed by atoms with E-state index < -0.39 is 5.97 Å². The van der Waals surface area contributed by atoms with E-state index in [9.17, 15) is 4.79 Å². The predicted octanol–water partition coefficient (Wildman–Crippen LogP) is 1.96. The molecule has 6 heteroatoms. The summed E-state index contributed by atoms with van der Waals surface area (Å²) in [4.78, 5) is 14.2. The highest BCUT2D eigenvalue weighted by atomic mass is 16.6. The molecule has 2 rings (SSSR count). The summed E-state index contributed by atoms with van der Waals surface area (Å²) in [5.74, 6) is -0.402. The second-order valence-corrected chi connectivity index (χ2v) is 3.44. The van der Waals surface area contributed by atoms with Crippen LogP contribution in [0.15, 0.2) is 34.9 Å². The number of ether oxygens (including phenoxy) is 2. The molecule has 0 aliphatic heterocycles. The highest BCUT2D eigenvalue weighted by Crippen LogP contribution is 2.15. The first kappa shape index (κ1) is 12.0. The van der Waals surface area contributed by atoms with Gasteiger partial charge in [0.2, 0.25) is 0 Å². The second-order valence-electron chi connectivity index (χ2n) is 3.44. The maximum atomic E-state index is 10.6. The van der Waals surface area contributed by atoms with Gasteiger partial charge in [0, 0.05) is 0 Å². The number of rotatable bonds is 5. The maximum absolute atomic E-state index is 10.6. The molecule has 1 heterocycles. The Labute approximate surface area is 103 Å². The van der Waals surface area contributed by atoms with Gasteiger partial charge >= 0.3 is 12.0 Å². The Morgan fingerprint density at radius 3 is 2.67 bits per heavy atom. The van der Waals surface area contributed by atoms with E-state index in [2.05, 4.69) is 4.98 Å². The summed E-state index contributed by atoms with van der Waals surface area (Å²) in [5, 5.41) is 8.65. The van der Waals surface area contributed by atoms with E-state index in [4.69, 9.17) is 19.0 Å². The number of oxazole rings is 1. The second kappa shape index (κ2) is 5.22. The molecule has 1 N–H and O–H groups in total. The molecule has 1 aromatic heterocycles. The van der Waals surface area contributed by atoms with Crippen LogP contribution >= 0.6 is 0 Å². The summed E-state index contributed by atoms with van der Waals surface area (Å²) in [7, 11) is 1.59. The van der Waals surface area contributed by atoms with Crippen LogP contribution in [0.25, 0.3) is 0 Å². The SMILES string of the molecule is COc1ccc(COc2nc(C(=O)O)co2)cc1. The Kier molecular flexibility index (Phi) is 3.47. The van der Waals surface area contributed by atoms with Crippen molar-refractivity contribution in [3.05, 3.63) is 41.8 Å². The van der Waals surface area contributed by atoms with Crippen molar-refractivity contribution in [3.8, 4) is 11.8 Å². The van der Waals surface area contributed by atoms with E-state index in [0.29, 0.717) is 0 Å². The van der Waals surface area contributed by atoms with Crippen LogP contribution in [0.1, 0.15) is 16.1 Å². The average molecular weight is 249 g/mol. The number of aromatic carboxylic acids is 1. The highest BCUT2D eigenvalue weighted by molar-refractivity contribution is 5.84. The third-order valence-electron chi connectivity index (χ3n) is 2.22. The number of hydrogen-bond acceptors (Lipinski definition) is 5. The van der Waals surface area contributed by atoms with Gasteiger partial charge in [-0.2, -0.15) is 4.98 Å². The number of hydrogen-bond donors (Lipinski definition) is 1. The monoisotopic (exact) mass is 249 g/mol. The van der Waals surface area contributed by atoms with Gasteiger partial charge in [-0.15, -0.1) is 0 Å². The van der Waals surface area contributed by atoms with Crippen LogP contribution in [0.2, 0.25) is 0 Å². The van der Waals surface area contributed by atoms with Crippen LogP contribution < -0.4 is 9.47 Å². The molecule has 0 radical (unpaired) electrons. The van der Waals surface area contributed by atoms with Crippen LogP contribution in [0.4, 0.5) is 0 Å². The van der Waals surface area contributed by atoms with Crippen molar-refractivity contribution in [2.45, 2.75) is 6.61 Å². The number of carbonyl (C=O) groups is 1. The molecule has 0 saturated carbocycles. The van der Waals surface area contributed by atoms with Gasteiger partial charge in [0.1, 0.15) is 18.6 Å². The first-order valence-electron chi connectivity index (χ1n) is 5.13. The van der Waals surface area contributed by atoms with Crippen LogP contribution in [-0.4, -0.2) is 23.2 Å². The van der Waals surface area contributed by atoms with E-state index in [-0.39, 0.29) is 18.4 Å². The first-order valence-corrected chi connectivity index (χ1v) is 5.13. The molecule has 0 spiro atoms. The Bertz CT molecular complexity index is 532. The molecule has 6 nitrogen and oxygen atoms in total. The fourth-order valence-corrected chi connectivity index (χ4v) is 1.29. The van der Waals surface area contributed by atoms with E-state index in [0.717, 1.165) is 17.6 Å². The van der Waals surface area contributed by atoms with Gasteiger partial charge in [-0.05, 0) is 17.7 Å². The zero-order valence-electron chi connectivity index (χ0n) is 9.62. The van der Waals surface area contributed by atoms with Gasteiger partial charge < -0.3 is 19.0 Å². The number of methoxy groups -OCH3 is 1. The molecule has 0 saturated heterocycles. The lowest BCUT2D eigenvalue weighted by molar-refractivity contribution is 0.0690. The zero-order valence-corrected chi connectivity index (χ0v) is 9.62. The maximum Gasteiger partial charge on any atom is 0.394 e. The van der Waals surface area contributed by atoms with E-state index in [1.807, 2.05) is 12.1 Å². The Hall–Kier alpha value is -2.50. The number of carboxylic acids is 1. The Morgan fingerprint density at radius 1 is 1.39 bits per heavy atom. The standard InChI is InChI=1S/C12H11NO5/c1-16-9-4-2-8(3-5-9)6-17-12-13-10(7-18-12)11(14)15/h2-5,7H,6H2,1H3,(H,14,15). The molecule has 0 atom stereocenters. The molecule has 0 fully saturated rings. The molecule has 0 amide bonds. The minimum absolute atomic E-state index is 0.0665. The van der Waals surface area contributed by atoms with Crippen LogP contribution in [0, 0.1) is 0 Å². The van der Waals surface area contributed by atoms with Gasteiger partial charge in [-0.3, -0.25) is 0 Å². The topological polar surface area (TPSA) is 81.8 Å². The number of aromatic nitrogens is 1. The highest BCUT2D eigenvalue weighted by Gasteiger charge is 2.11. The van der Waals surface area contributed by atoms with Crippen molar-refractivity contribution in [1.29, 1.82) is 0 Å².